The average molecular weight is 268 g/mol. The number of aliphatic hydroxyl groups is 4. The van der Waals surface area contributed by atoms with E-state index in [2.05, 4.69) is 6.92 Å². The van der Waals surface area contributed by atoms with Crippen molar-refractivity contribution in [2.75, 3.05) is 6.61 Å². The van der Waals surface area contributed by atoms with Crippen molar-refractivity contribution >= 4 is 11.9 Å². The Bertz CT molecular complexity index is 224. The lowest BCUT2D eigenvalue weighted by Crippen LogP contribution is -2.39. The zero-order valence-corrected chi connectivity index (χ0v) is 10.1. The summed E-state index contributed by atoms with van der Waals surface area (Å²) in [7, 11) is 0. The molecule has 0 radical (unpaired) electrons. The molecule has 0 bridgehead atoms. The summed E-state index contributed by atoms with van der Waals surface area (Å²) in [5, 5.41) is 49.6. The van der Waals surface area contributed by atoms with Crippen molar-refractivity contribution in [2.24, 2.45) is 0 Å². The molecule has 3 atom stereocenters. The van der Waals surface area contributed by atoms with Crippen LogP contribution >= 0.6 is 0 Å². The number of aliphatic hydroxyl groups excluding tert-OH is 4. The minimum absolute atomic E-state index is 0.0972. The Morgan fingerprint density at radius 3 is 1.61 bits per heavy atom. The number of rotatable bonds is 7. The third kappa shape index (κ3) is 9.97. The third-order valence-electron chi connectivity index (χ3n) is 1.91. The fraction of sp³-hybridized carbons (Fsp3) is 0.800. The Labute approximate surface area is 104 Å². The smallest absolute Gasteiger partial charge is 0.335 e. The lowest BCUT2D eigenvalue weighted by Gasteiger charge is -2.07. The first kappa shape index (κ1) is 19.1. The van der Waals surface area contributed by atoms with Crippen molar-refractivity contribution in [1.82, 2.24) is 0 Å². The van der Waals surface area contributed by atoms with Gasteiger partial charge in [-0.25, -0.2) is 9.59 Å². The number of carboxylic acid groups (broad SMARTS) is 2. The van der Waals surface area contributed by atoms with E-state index in [0.717, 1.165) is 19.3 Å². The predicted molar refractivity (Wildman–Crippen MR) is 59.9 cm³/mol. The van der Waals surface area contributed by atoms with Crippen LogP contribution in [-0.4, -0.2) is 67.5 Å². The maximum atomic E-state index is 9.77. The van der Waals surface area contributed by atoms with Crippen molar-refractivity contribution in [2.45, 2.75) is 44.5 Å². The summed E-state index contributed by atoms with van der Waals surface area (Å²) >= 11 is 0. The van der Waals surface area contributed by atoms with E-state index in [9.17, 15) is 9.59 Å². The molecule has 0 aliphatic rings. The summed E-state index contributed by atoms with van der Waals surface area (Å²) in [5.74, 6) is -3.54. The van der Waals surface area contributed by atoms with E-state index in [1.54, 1.807) is 0 Å². The number of aliphatic carboxylic acids is 2. The molecule has 0 spiro atoms. The molecule has 0 amide bonds. The van der Waals surface area contributed by atoms with Crippen LogP contribution in [-0.2, 0) is 9.59 Å². The van der Waals surface area contributed by atoms with Crippen LogP contribution < -0.4 is 0 Å². The van der Waals surface area contributed by atoms with Gasteiger partial charge in [-0.3, -0.25) is 0 Å². The average Bonchev–Trinajstić information content (AvgIpc) is 2.34. The molecule has 8 heteroatoms. The minimum atomic E-state index is -2.27. The van der Waals surface area contributed by atoms with E-state index < -0.39 is 30.3 Å². The maximum Gasteiger partial charge on any atom is 0.335 e. The number of hydrogen-bond donors (Lipinski definition) is 6. The second-order valence-electron chi connectivity index (χ2n) is 3.54. The minimum Gasteiger partial charge on any atom is -0.479 e. The highest BCUT2D eigenvalue weighted by Gasteiger charge is 2.29. The van der Waals surface area contributed by atoms with Gasteiger partial charge in [0.25, 0.3) is 0 Å². The van der Waals surface area contributed by atoms with Crippen molar-refractivity contribution in [3.05, 3.63) is 0 Å². The molecule has 0 fully saturated rings. The number of carbonyl (C=O) groups is 2. The van der Waals surface area contributed by atoms with Gasteiger partial charge in [-0.15, -0.1) is 0 Å². The number of carboxylic acids is 2. The van der Waals surface area contributed by atoms with Crippen LogP contribution in [0.1, 0.15) is 26.2 Å². The first-order valence-corrected chi connectivity index (χ1v) is 5.38. The van der Waals surface area contributed by atoms with Crippen LogP contribution in [0.15, 0.2) is 0 Å². The summed E-state index contributed by atoms with van der Waals surface area (Å²) in [6, 6.07) is 0. The Kier molecular flexibility index (Phi) is 11.6. The van der Waals surface area contributed by atoms with Crippen molar-refractivity contribution in [3.63, 3.8) is 0 Å². The monoisotopic (exact) mass is 268 g/mol. The SMILES string of the molecule is CCCCC(O)CO.O=C(O)C(O)C(O)C(=O)O. The topological polar surface area (TPSA) is 156 Å². The zero-order valence-electron chi connectivity index (χ0n) is 10.1. The molecule has 0 aromatic rings. The van der Waals surface area contributed by atoms with E-state index in [-0.39, 0.29) is 6.61 Å². The van der Waals surface area contributed by atoms with E-state index in [4.69, 9.17) is 30.6 Å². The Morgan fingerprint density at radius 2 is 1.39 bits per heavy atom. The highest BCUT2D eigenvalue weighted by atomic mass is 16.4. The third-order valence-corrected chi connectivity index (χ3v) is 1.91. The van der Waals surface area contributed by atoms with Gasteiger partial charge >= 0.3 is 11.9 Å². The van der Waals surface area contributed by atoms with Crippen molar-refractivity contribution in [1.29, 1.82) is 0 Å². The first-order valence-electron chi connectivity index (χ1n) is 5.38. The van der Waals surface area contributed by atoms with Gasteiger partial charge in [0, 0.05) is 0 Å². The Morgan fingerprint density at radius 1 is 1.00 bits per heavy atom. The lowest BCUT2D eigenvalue weighted by molar-refractivity contribution is -0.165. The molecular formula is C10H20O8. The Balaban J connectivity index is 0. The molecule has 0 aromatic heterocycles. The van der Waals surface area contributed by atoms with Crippen LogP contribution in [0.25, 0.3) is 0 Å². The largest absolute Gasteiger partial charge is 0.479 e. The van der Waals surface area contributed by atoms with Crippen LogP contribution in [0.3, 0.4) is 0 Å². The molecule has 6 N–H and O–H groups in total. The van der Waals surface area contributed by atoms with Gasteiger partial charge in [0.05, 0.1) is 12.7 Å². The van der Waals surface area contributed by atoms with E-state index in [1.807, 2.05) is 0 Å². The van der Waals surface area contributed by atoms with Gasteiger partial charge in [-0.2, -0.15) is 0 Å². The molecule has 18 heavy (non-hydrogen) atoms. The fourth-order valence-corrected chi connectivity index (χ4v) is 0.801. The second-order valence-corrected chi connectivity index (χ2v) is 3.54. The quantitative estimate of drug-likeness (QED) is 0.322. The van der Waals surface area contributed by atoms with E-state index in [0.29, 0.717) is 0 Å². The molecular weight excluding hydrogens is 248 g/mol. The van der Waals surface area contributed by atoms with Gasteiger partial charge in [-0.1, -0.05) is 19.8 Å². The number of hydrogen-bond acceptors (Lipinski definition) is 6. The maximum absolute atomic E-state index is 9.77. The van der Waals surface area contributed by atoms with Crippen molar-refractivity contribution in [3.8, 4) is 0 Å². The molecule has 8 nitrogen and oxygen atoms in total. The van der Waals surface area contributed by atoms with Gasteiger partial charge in [0.15, 0.2) is 12.2 Å². The van der Waals surface area contributed by atoms with Crippen LogP contribution in [0.2, 0.25) is 0 Å². The standard InChI is InChI=1S/C6H14O2.C4H6O6/c1-2-3-4-6(8)5-7;5-1(3(7)8)2(6)4(9)10/h6-8H,2-5H2,1H3;1-2,5-6H,(H,7,8)(H,9,10). The van der Waals surface area contributed by atoms with E-state index >= 15 is 0 Å². The summed E-state index contributed by atoms with van der Waals surface area (Å²) < 4.78 is 0. The molecule has 0 saturated heterocycles. The van der Waals surface area contributed by atoms with Gasteiger partial charge in [0.1, 0.15) is 0 Å². The highest BCUT2D eigenvalue weighted by molar-refractivity contribution is 5.83. The van der Waals surface area contributed by atoms with Crippen LogP contribution in [0.5, 0.6) is 0 Å². The van der Waals surface area contributed by atoms with Gasteiger partial charge in [0.2, 0.25) is 0 Å². The predicted octanol–water partition coefficient (Wildman–Crippen LogP) is -1.59. The number of unbranched alkanes of at least 4 members (excludes halogenated alkanes) is 1. The zero-order chi connectivity index (χ0) is 14.7. The van der Waals surface area contributed by atoms with Crippen LogP contribution in [0, 0.1) is 0 Å². The molecule has 0 saturated carbocycles. The molecule has 0 aliphatic heterocycles. The lowest BCUT2D eigenvalue weighted by atomic mass is 10.2. The summed E-state index contributed by atoms with van der Waals surface area (Å²) in [5.41, 5.74) is 0. The molecule has 3 unspecified atom stereocenters. The normalized spacial score (nSPS) is 14.9. The first-order chi connectivity index (χ1) is 8.27. The fourth-order valence-electron chi connectivity index (χ4n) is 0.801. The second kappa shape index (κ2) is 10.9. The molecule has 0 aromatic carbocycles. The summed E-state index contributed by atoms with van der Waals surface area (Å²) in [6.45, 7) is 1.96. The highest BCUT2D eigenvalue weighted by Crippen LogP contribution is 1.97. The summed E-state index contributed by atoms with van der Waals surface area (Å²) in [6.07, 6.45) is -2.21. The molecule has 0 aliphatic carbocycles. The van der Waals surface area contributed by atoms with Crippen LogP contribution in [0.4, 0.5) is 0 Å². The summed E-state index contributed by atoms with van der Waals surface area (Å²) in [4.78, 5) is 19.5. The molecule has 108 valence electrons. The molecule has 0 heterocycles. The van der Waals surface area contributed by atoms with Gasteiger partial charge < -0.3 is 30.6 Å². The Hall–Kier alpha value is -1.22. The van der Waals surface area contributed by atoms with Gasteiger partial charge in [-0.05, 0) is 6.42 Å². The van der Waals surface area contributed by atoms with Crippen molar-refractivity contribution < 1.29 is 40.2 Å². The van der Waals surface area contributed by atoms with E-state index in [1.165, 1.54) is 0 Å². The molecule has 0 rings (SSSR count).